The molecule has 0 aliphatic carbocycles. The quantitative estimate of drug-likeness (QED) is 0.876. The molecule has 0 unspecified atom stereocenters. The van der Waals surface area contributed by atoms with E-state index >= 15 is 0 Å². The zero-order chi connectivity index (χ0) is 16.1. The van der Waals surface area contributed by atoms with Crippen molar-refractivity contribution in [2.75, 3.05) is 13.6 Å². The molecule has 1 amide bonds. The number of hydrogen-bond donors (Lipinski definition) is 1. The van der Waals surface area contributed by atoms with Crippen LogP contribution in [-0.4, -0.2) is 40.5 Å². The van der Waals surface area contributed by atoms with Crippen molar-refractivity contribution in [1.82, 2.24) is 9.88 Å². The Bertz CT molecular complexity index is 687. The second-order valence-corrected chi connectivity index (χ2v) is 6.01. The number of benzene rings is 1. The molecule has 0 saturated carbocycles. The molecule has 2 aromatic rings. The van der Waals surface area contributed by atoms with Crippen molar-refractivity contribution in [3.05, 3.63) is 40.4 Å². The second-order valence-electron chi connectivity index (χ2n) is 4.74. The number of halogens is 1. The molecular formula is C15H15ClN2O3S. The highest BCUT2D eigenvalue weighted by atomic mass is 35.5. The van der Waals surface area contributed by atoms with Crippen molar-refractivity contribution >= 4 is 34.8 Å². The summed E-state index contributed by atoms with van der Waals surface area (Å²) in [6.07, 6.45) is 0.457. The minimum atomic E-state index is -0.865. The monoisotopic (exact) mass is 338 g/mol. The van der Waals surface area contributed by atoms with Gasteiger partial charge in [-0.1, -0.05) is 29.8 Å². The average Bonchev–Trinajstić information content (AvgIpc) is 2.96. The summed E-state index contributed by atoms with van der Waals surface area (Å²) >= 11 is 7.48. The molecule has 116 valence electrons. The highest BCUT2D eigenvalue weighted by molar-refractivity contribution is 7.13. The van der Waals surface area contributed by atoms with Crippen LogP contribution in [0.3, 0.4) is 0 Å². The number of aliphatic carboxylic acids is 1. The van der Waals surface area contributed by atoms with Crippen LogP contribution >= 0.6 is 22.9 Å². The molecular weight excluding hydrogens is 324 g/mol. The van der Waals surface area contributed by atoms with E-state index in [0.29, 0.717) is 28.7 Å². The van der Waals surface area contributed by atoms with E-state index in [-0.39, 0.29) is 12.3 Å². The smallest absolute Gasteiger partial charge is 0.303 e. The Hall–Kier alpha value is -1.92. The van der Waals surface area contributed by atoms with Gasteiger partial charge in [0.2, 0.25) is 0 Å². The first kappa shape index (κ1) is 16.5. The van der Waals surface area contributed by atoms with E-state index in [1.807, 2.05) is 18.2 Å². The van der Waals surface area contributed by atoms with Crippen LogP contribution < -0.4 is 0 Å². The van der Waals surface area contributed by atoms with Crippen LogP contribution in [0.5, 0.6) is 0 Å². The Balaban J connectivity index is 2.06. The number of carbonyl (C=O) groups excluding carboxylic acids is 1. The fourth-order valence-corrected chi connectivity index (χ4v) is 3.01. The SMILES string of the molecule is CN(CCCC(=O)O)C(=O)c1csc(-c2ccccc2Cl)n1. The predicted octanol–water partition coefficient (Wildman–Crippen LogP) is 3.40. The van der Waals surface area contributed by atoms with Gasteiger partial charge in [0.05, 0.1) is 5.02 Å². The van der Waals surface area contributed by atoms with Crippen molar-refractivity contribution < 1.29 is 14.7 Å². The second kappa shape index (κ2) is 7.38. The van der Waals surface area contributed by atoms with Crippen LogP contribution in [0.1, 0.15) is 23.3 Å². The Morgan fingerprint density at radius 2 is 2.09 bits per heavy atom. The average molecular weight is 339 g/mol. The molecule has 2 rings (SSSR count). The number of carboxylic acid groups (broad SMARTS) is 1. The maximum Gasteiger partial charge on any atom is 0.303 e. The minimum absolute atomic E-state index is 0.0412. The Morgan fingerprint density at radius 3 is 2.77 bits per heavy atom. The summed E-state index contributed by atoms with van der Waals surface area (Å²) < 4.78 is 0. The van der Waals surface area contributed by atoms with E-state index in [1.54, 1.807) is 18.5 Å². The van der Waals surface area contributed by atoms with E-state index in [0.717, 1.165) is 5.56 Å². The van der Waals surface area contributed by atoms with Crippen molar-refractivity contribution in [3.8, 4) is 10.6 Å². The topological polar surface area (TPSA) is 70.5 Å². The molecule has 5 nitrogen and oxygen atoms in total. The third-order valence-electron chi connectivity index (χ3n) is 3.06. The summed E-state index contributed by atoms with van der Waals surface area (Å²) in [6.45, 7) is 0.379. The summed E-state index contributed by atoms with van der Waals surface area (Å²) in [4.78, 5) is 28.5. The number of carboxylic acids is 1. The molecule has 1 heterocycles. The van der Waals surface area contributed by atoms with Crippen LogP contribution in [-0.2, 0) is 4.79 Å². The summed E-state index contributed by atoms with van der Waals surface area (Å²) in [5.74, 6) is -1.09. The third kappa shape index (κ3) is 4.05. The number of aromatic nitrogens is 1. The van der Waals surface area contributed by atoms with Gasteiger partial charge in [0.15, 0.2) is 0 Å². The zero-order valence-electron chi connectivity index (χ0n) is 12.0. The molecule has 0 saturated heterocycles. The lowest BCUT2D eigenvalue weighted by Gasteiger charge is -2.14. The van der Waals surface area contributed by atoms with Gasteiger partial charge in [0, 0.05) is 31.0 Å². The van der Waals surface area contributed by atoms with Gasteiger partial charge in [-0.25, -0.2) is 4.98 Å². The van der Waals surface area contributed by atoms with Crippen molar-refractivity contribution in [2.45, 2.75) is 12.8 Å². The number of rotatable bonds is 6. The van der Waals surface area contributed by atoms with Gasteiger partial charge in [-0.15, -0.1) is 11.3 Å². The van der Waals surface area contributed by atoms with Gasteiger partial charge < -0.3 is 10.0 Å². The number of carbonyl (C=O) groups is 2. The largest absolute Gasteiger partial charge is 0.481 e. The van der Waals surface area contributed by atoms with E-state index in [2.05, 4.69) is 4.98 Å². The van der Waals surface area contributed by atoms with Crippen molar-refractivity contribution in [3.63, 3.8) is 0 Å². The van der Waals surface area contributed by atoms with E-state index < -0.39 is 5.97 Å². The summed E-state index contributed by atoms with van der Waals surface area (Å²) in [7, 11) is 1.64. The van der Waals surface area contributed by atoms with Gasteiger partial charge in [-0.3, -0.25) is 9.59 Å². The minimum Gasteiger partial charge on any atom is -0.481 e. The van der Waals surface area contributed by atoms with Crippen LogP contribution in [0.25, 0.3) is 10.6 Å². The van der Waals surface area contributed by atoms with Crippen molar-refractivity contribution in [2.24, 2.45) is 0 Å². The maximum absolute atomic E-state index is 12.2. The zero-order valence-corrected chi connectivity index (χ0v) is 13.5. The van der Waals surface area contributed by atoms with Gasteiger partial charge in [-0.2, -0.15) is 0 Å². The van der Waals surface area contributed by atoms with E-state index in [1.165, 1.54) is 16.2 Å². The molecule has 22 heavy (non-hydrogen) atoms. The third-order valence-corrected chi connectivity index (χ3v) is 4.26. The Morgan fingerprint density at radius 1 is 1.36 bits per heavy atom. The molecule has 0 fully saturated rings. The molecule has 0 bridgehead atoms. The standard InChI is InChI=1S/C15H15ClN2O3S/c1-18(8-4-7-13(19)20)15(21)12-9-22-14(17-12)10-5-2-3-6-11(10)16/h2-3,5-6,9H,4,7-8H2,1H3,(H,19,20). The fraction of sp³-hybridized carbons (Fsp3) is 0.267. The fourth-order valence-electron chi connectivity index (χ4n) is 1.89. The van der Waals surface area contributed by atoms with Crippen molar-refractivity contribution in [1.29, 1.82) is 0 Å². The van der Waals surface area contributed by atoms with Gasteiger partial charge in [0.1, 0.15) is 10.7 Å². The summed E-state index contributed by atoms with van der Waals surface area (Å²) in [6, 6.07) is 7.33. The number of nitrogens with zero attached hydrogens (tertiary/aromatic N) is 2. The molecule has 0 radical (unpaired) electrons. The van der Waals surface area contributed by atoms with Crippen LogP contribution in [0.15, 0.2) is 29.6 Å². The molecule has 0 spiro atoms. The molecule has 1 aromatic carbocycles. The molecule has 0 aliphatic heterocycles. The molecule has 0 atom stereocenters. The molecule has 1 N–H and O–H groups in total. The molecule has 1 aromatic heterocycles. The summed E-state index contributed by atoms with van der Waals surface area (Å²) in [5.41, 5.74) is 1.14. The van der Waals surface area contributed by atoms with Crippen LogP contribution in [0.4, 0.5) is 0 Å². The van der Waals surface area contributed by atoms with Crippen LogP contribution in [0.2, 0.25) is 5.02 Å². The lowest BCUT2D eigenvalue weighted by atomic mass is 10.2. The first-order valence-electron chi connectivity index (χ1n) is 6.66. The number of hydrogen-bond acceptors (Lipinski definition) is 4. The van der Waals surface area contributed by atoms with Gasteiger partial charge in [-0.05, 0) is 12.5 Å². The van der Waals surface area contributed by atoms with Gasteiger partial charge >= 0.3 is 5.97 Å². The predicted molar refractivity (Wildman–Crippen MR) is 86.4 cm³/mol. The lowest BCUT2D eigenvalue weighted by Crippen LogP contribution is -2.28. The first-order valence-corrected chi connectivity index (χ1v) is 7.92. The molecule has 0 aliphatic rings. The highest BCUT2D eigenvalue weighted by Gasteiger charge is 2.17. The Kier molecular flexibility index (Phi) is 5.51. The van der Waals surface area contributed by atoms with Crippen LogP contribution in [0, 0.1) is 0 Å². The number of amides is 1. The summed E-state index contributed by atoms with van der Waals surface area (Å²) in [5, 5.41) is 11.6. The normalized spacial score (nSPS) is 10.5. The van der Waals surface area contributed by atoms with E-state index in [4.69, 9.17) is 16.7 Å². The highest BCUT2D eigenvalue weighted by Crippen LogP contribution is 2.30. The maximum atomic E-state index is 12.2. The lowest BCUT2D eigenvalue weighted by molar-refractivity contribution is -0.137. The van der Waals surface area contributed by atoms with E-state index in [9.17, 15) is 9.59 Å². The molecule has 7 heteroatoms. The Labute approximate surface area is 137 Å². The first-order chi connectivity index (χ1) is 10.5. The van der Waals surface area contributed by atoms with Gasteiger partial charge in [0.25, 0.3) is 5.91 Å². The number of thiazole rings is 1.